The number of carbonyl (C=O) groups excluding carboxylic acids is 4. The highest BCUT2D eigenvalue weighted by Gasteiger charge is 2.17. The van der Waals surface area contributed by atoms with Gasteiger partial charge in [0.2, 0.25) is 11.8 Å². The van der Waals surface area contributed by atoms with Crippen molar-refractivity contribution in [1.82, 2.24) is 9.97 Å². The van der Waals surface area contributed by atoms with Crippen LogP contribution in [0.1, 0.15) is 196 Å². The van der Waals surface area contributed by atoms with Crippen LogP contribution in [0.15, 0.2) is 54.6 Å². The molecule has 324 valence electrons. The molecule has 1 aromatic carbocycles. The van der Waals surface area contributed by atoms with E-state index in [0.29, 0.717) is 36.8 Å². The minimum absolute atomic E-state index is 0.113. The lowest BCUT2D eigenvalue weighted by molar-refractivity contribution is -0.117. The van der Waals surface area contributed by atoms with Crippen molar-refractivity contribution in [2.75, 3.05) is 27.9 Å². The van der Waals surface area contributed by atoms with Gasteiger partial charge in [-0.2, -0.15) is 0 Å². The zero-order chi connectivity index (χ0) is 42.3. The van der Waals surface area contributed by atoms with Gasteiger partial charge in [0.25, 0.3) is 11.8 Å². The van der Waals surface area contributed by atoms with Crippen LogP contribution in [-0.2, 0) is 9.59 Å². The van der Waals surface area contributed by atoms with E-state index in [0.717, 1.165) is 57.8 Å². The van der Waals surface area contributed by atoms with E-state index in [1.807, 2.05) is 0 Å². The van der Waals surface area contributed by atoms with Gasteiger partial charge in [-0.05, 0) is 61.7 Å². The van der Waals surface area contributed by atoms with Gasteiger partial charge in [-0.3, -0.25) is 19.2 Å². The third-order valence-corrected chi connectivity index (χ3v) is 10.2. The van der Waals surface area contributed by atoms with Gasteiger partial charge in [0.1, 0.15) is 29.0 Å². The fourth-order valence-electron chi connectivity index (χ4n) is 6.79. The second-order valence-corrected chi connectivity index (χ2v) is 15.6. The summed E-state index contributed by atoms with van der Waals surface area (Å²) in [5.41, 5.74) is 0.413. The van der Waals surface area contributed by atoms with Crippen molar-refractivity contribution in [1.29, 1.82) is 0 Å². The fourth-order valence-corrected chi connectivity index (χ4v) is 6.79. The molecule has 0 spiro atoms. The number of rotatable bonds is 32. The van der Waals surface area contributed by atoms with Gasteiger partial charge < -0.3 is 26.0 Å². The van der Waals surface area contributed by atoms with Gasteiger partial charge in [-0.15, -0.1) is 0 Å². The van der Waals surface area contributed by atoms with Crippen LogP contribution in [0.2, 0.25) is 0 Å². The van der Waals surface area contributed by atoms with E-state index in [-0.39, 0.29) is 34.6 Å². The number of carbonyl (C=O) groups is 4. The van der Waals surface area contributed by atoms with E-state index in [2.05, 4.69) is 52.0 Å². The molecule has 0 saturated carbocycles. The Morgan fingerprint density at radius 3 is 1.17 bits per heavy atom. The lowest BCUT2D eigenvalue weighted by atomic mass is 10.1. The molecule has 2 aromatic heterocycles. The molecule has 0 aliphatic rings. The van der Waals surface area contributed by atoms with Crippen LogP contribution in [0.25, 0.3) is 0 Å². The minimum Gasteiger partial charge on any atom is -0.494 e. The van der Waals surface area contributed by atoms with Crippen LogP contribution in [0, 0.1) is 0 Å². The number of anilines is 4. The minimum atomic E-state index is -0.487. The van der Waals surface area contributed by atoms with E-state index in [4.69, 9.17) is 4.74 Å². The summed E-state index contributed by atoms with van der Waals surface area (Å²) in [5.74, 6) is 0.409. The molecule has 0 aliphatic heterocycles. The van der Waals surface area contributed by atoms with E-state index in [9.17, 15) is 19.2 Å². The summed E-state index contributed by atoms with van der Waals surface area (Å²) in [5, 5.41) is 11.3. The standard InChI is InChI=1S/C48H72N6O5/c1-4-7-10-13-16-19-22-25-34-59-40-36-38(47(57)53-43-30-26-28-41(49-43)51-45(55)32-23-20-17-14-11-8-5-2)35-39(37-40)48(58)54-44-31-27-29-42(50-44)52-46(56)33-24-21-18-15-12-9-6-3/h26-31,35-37H,4-25,32-34H2,1-3H3,(H2,49,51,53,55,57)(H2,50,52,54,56,58). The molecule has 3 aromatic rings. The van der Waals surface area contributed by atoms with Crippen LogP contribution in [0.4, 0.5) is 23.3 Å². The van der Waals surface area contributed by atoms with Crippen molar-refractivity contribution < 1.29 is 23.9 Å². The zero-order valence-electron chi connectivity index (χ0n) is 36.3. The topological polar surface area (TPSA) is 151 Å². The predicted molar refractivity (Wildman–Crippen MR) is 241 cm³/mol. The Labute approximate surface area is 354 Å². The lowest BCUT2D eigenvalue weighted by Gasteiger charge is -2.13. The van der Waals surface area contributed by atoms with Crippen molar-refractivity contribution in [3.8, 4) is 5.75 Å². The number of nitrogens with one attached hydrogen (secondary N) is 4. The van der Waals surface area contributed by atoms with E-state index < -0.39 is 11.8 Å². The van der Waals surface area contributed by atoms with Crippen LogP contribution < -0.4 is 26.0 Å². The summed E-state index contributed by atoms with van der Waals surface area (Å²) in [4.78, 5) is 61.4. The molecule has 0 bridgehead atoms. The number of amides is 4. The van der Waals surface area contributed by atoms with Gasteiger partial charge in [0.15, 0.2) is 0 Å². The van der Waals surface area contributed by atoms with E-state index in [1.54, 1.807) is 48.5 Å². The number of hydrogen-bond acceptors (Lipinski definition) is 7. The zero-order valence-corrected chi connectivity index (χ0v) is 36.3. The van der Waals surface area contributed by atoms with Gasteiger partial charge in [0.05, 0.1) is 6.61 Å². The Bertz CT molecular complexity index is 1570. The molecule has 11 heteroatoms. The monoisotopic (exact) mass is 813 g/mol. The maximum Gasteiger partial charge on any atom is 0.256 e. The SMILES string of the molecule is CCCCCCCCCCOc1cc(C(=O)Nc2cccc(NC(=O)CCCCCCCCC)n2)cc(C(=O)Nc2cccc(NC(=O)CCCCCCCCC)n2)c1. The Morgan fingerprint density at radius 1 is 0.441 bits per heavy atom. The molecule has 59 heavy (non-hydrogen) atoms. The molecule has 4 amide bonds. The normalized spacial score (nSPS) is 10.9. The highest BCUT2D eigenvalue weighted by Crippen LogP contribution is 2.22. The van der Waals surface area contributed by atoms with Gasteiger partial charge in [-0.25, -0.2) is 9.97 Å². The third kappa shape index (κ3) is 21.7. The Morgan fingerprint density at radius 2 is 0.780 bits per heavy atom. The first-order valence-corrected chi connectivity index (χ1v) is 22.8. The number of nitrogens with zero attached hydrogens (tertiary/aromatic N) is 2. The Hall–Kier alpha value is -4.80. The molecule has 0 saturated heterocycles. The summed E-state index contributed by atoms with van der Waals surface area (Å²) in [6.07, 6.45) is 25.8. The lowest BCUT2D eigenvalue weighted by Crippen LogP contribution is -2.18. The van der Waals surface area contributed by atoms with Crippen LogP contribution in [-0.4, -0.2) is 40.2 Å². The molecule has 0 unspecified atom stereocenters. The first-order valence-electron chi connectivity index (χ1n) is 22.8. The van der Waals surface area contributed by atoms with Gasteiger partial charge >= 0.3 is 0 Å². The average Bonchev–Trinajstić information content (AvgIpc) is 3.22. The largest absolute Gasteiger partial charge is 0.494 e. The van der Waals surface area contributed by atoms with Crippen LogP contribution >= 0.6 is 0 Å². The number of hydrogen-bond donors (Lipinski definition) is 4. The second-order valence-electron chi connectivity index (χ2n) is 15.6. The molecule has 0 radical (unpaired) electrons. The highest BCUT2D eigenvalue weighted by atomic mass is 16.5. The van der Waals surface area contributed by atoms with Crippen LogP contribution in [0.5, 0.6) is 5.75 Å². The summed E-state index contributed by atoms with van der Waals surface area (Å²) in [7, 11) is 0. The maximum absolute atomic E-state index is 13.6. The van der Waals surface area contributed by atoms with Gasteiger partial charge in [-0.1, -0.05) is 155 Å². The van der Waals surface area contributed by atoms with Gasteiger partial charge in [0, 0.05) is 24.0 Å². The number of aromatic nitrogens is 2. The van der Waals surface area contributed by atoms with E-state index >= 15 is 0 Å². The Kier molecular flexibility index (Phi) is 24.9. The molecule has 0 fully saturated rings. The maximum atomic E-state index is 13.6. The first kappa shape index (κ1) is 48.6. The van der Waals surface area contributed by atoms with Crippen molar-refractivity contribution >= 4 is 46.9 Å². The molecular formula is C48H72N6O5. The summed E-state index contributed by atoms with van der Waals surface area (Å²) in [6, 6.07) is 14.8. The van der Waals surface area contributed by atoms with E-state index in [1.165, 1.54) is 89.5 Å². The summed E-state index contributed by atoms with van der Waals surface area (Å²) in [6.45, 7) is 7.07. The highest BCUT2D eigenvalue weighted by molar-refractivity contribution is 6.09. The molecule has 0 aliphatic carbocycles. The molecule has 0 atom stereocenters. The number of pyridine rings is 2. The first-order chi connectivity index (χ1) is 28.8. The average molecular weight is 813 g/mol. The van der Waals surface area contributed by atoms with Crippen LogP contribution in [0.3, 0.4) is 0 Å². The molecule has 11 nitrogen and oxygen atoms in total. The van der Waals surface area contributed by atoms with Crippen molar-refractivity contribution in [3.63, 3.8) is 0 Å². The quantitative estimate of drug-likeness (QED) is 0.0458. The molecule has 4 N–H and O–H groups in total. The van der Waals surface area contributed by atoms with Crippen molar-refractivity contribution in [3.05, 3.63) is 65.7 Å². The summed E-state index contributed by atoms with van der Waals surface area (Å²) >= 11 is 0. The molecule has 3 rings (SSSR count). The summed E-state index contributed by atoms with van der Waals surface area (Å²) < 4.78 is 6.10. The smallest absolute Gasteiger partial charge is 0.256 e. The fraction of sp³-hybridized carbons (Fsp3) is 0.583. The second kappa shape index (κ2) is 30.3. The number of ether oxygens (including phenoxy) is 1. The molecule has 2 heterocycles. The van der Waals surface area contributed by atoms with Crippen molar-refractivity contribution in [2.45, 2.75) is 175 Å². The predicted octanol–water partition coefficient (Wildman–Crippen LogP) is 12.7. The van der Waals surface area contributed by atoms with Crippen molar-refractivity contribution in [2.24, 2.45) is 0 Å². The number of unbranched alkanes of at least 4 members (excludes halogenated alkanes) is 19. The Balaban J connectivity index is 1.64. The number of benzene rings is 1. The molecular weight excluding hydrogens is 741 g/mol. The third-order valence-electron chi connectivity index (χ3n) is 10.2.